The van der Waals surface area contributed by atoms with E-state index in [0.717, 1.165) is 4.90 Å². The second-order valence-corrected chi connectivity index (χ2v) is 19.9. The zero-order chi connectivity index (χ0) is 59.5. The number of carbonyl (C=O) groups excluding carboxylic acids is 10. The second-order valence-electron chi connectivity index (χ2n) is 19.0. The lowest BCUT2D eigenvalue weighted by atomic mass is 10.0. The number of benzene rings is 2. The number of nitrogens with zero attached hydrogens (tertiary/aromatic N) is 2. The molecule has 10 atom stereocenters. The van der Waals surface area contributed by atoms with E-state index in [-0.39, 0.29) is 57.6 Å². The number of carboxylic acid groups (broad SMARTS) is 1. The molecule has 10 amide bonds. The van der Waals surface area contributed by atoms with Crippen LogP contribution in [0.3, 0.4) is 0 Å². The molecule has 0 saturated carbocycles. The van der Waals surface area contributed by atoms with Gasteiger partial charge in [-0.15, -0.1) is 0 Å². The maximum absolute atomic E-state index is 14.1. The van der Waals surface area contributed by atoms with Crippen molar-refractivity contribution < 1.29 is 68.1 Å². The van der Waals surface area contributed by atoms with Gasteiger partial charge in [0.2, 0.25) is 59.1 Å². The van der Waals surface area contributed by atoms with Crippen LogP contribution >= 0.6 is 11.8 Å². The van der Waals surface area contributed by atoms with Crippen molar-refractivity contribution in [2.45, 2.75) is 132 Å². The van der Waals surface area contributed by atoms with Crippen LogP contribution in [-0.2, 0) is 65.6 Å². The maximum Gasteiger partial charge on any atom is 0.303 e. The minimum Gasteiger partial charge on any atom is -0.481 e. The summed E-state index contributed by atoms with van der Waals surface area (Å²) in [6.45, 7) is 1.07. The number of aliphatic hydroxyl groups excluding tert-OH is 2. The van der Waals surface area contributed by atoms with E-state index in [4.69, 9.17) is 22.9 Å². The summed E-state index contributed by atoms with van der Waals surface area (Å²) in [5.41, 5.74) is 23.4. The molecule has 0 radical (unpaired) electrons. The number of nitrogens with two attached hydrogens (primary N) is 4. The van der Waals surface area contributed by atoms with Crippen LogP contribution in [0.2, 0.25) is 0 Å². The van der Waals surface area contributed by atoms with Crippen LogP contribution < -0.4 is 65.5 Å². The highest BCUT2D eigenvalue weighted by Gasteiger charge is 2.40. The number of thioether (sulfide) groups is 1. The Bertz CT molecular complexity index is 2470. The number of aliphatic imine (C=N–C) groups is 1. The van der Waals surface area contributed by atoms with Gasteiger partial charge in [0.05, 0.1) is 19.3 Å². The standard InChI is InChI=1S/C51H76N14O14S/c1-28(58-44(73)32(52)27-66)43(72)61-35(18-19-40(69)70)50(79)65-22-11-17-38(65)48(77)63-37(25-31-14-8-5-9-15-31)45(74)57-26-39(68)64-41(29(2)67)49(78)60-34(20-23-80-3)47(76)59-33(16-10-21-56-51(54)55)46(75)62-36(42(53)71)24-30-12-6-4-7-13-30/h4-9,12-15,28-29,32-38,41,66-67H,10-11,16-27,52H2,1-3H3,(H2,53,71)(H,57,74)(H,58,73)(H,59,76)(H,60,78)(H,61,72)(H,62,75)(H,63,77)(H,64,68)(H,69,70)(H4,54,55,56)/t28-,29+,32-,33-,34-,35-,36-,37-,38-,41-/m0/s1. The normalized spacial score (nSPS) is 16.2. The van der Waals surface area contributed by atoms with Crippen LogP contribution in [0, 0.1) is 0 Å². The lowest BCUT2D eigenvalue weighted by molar-refractivity contribution is -0.143. The highest BCUT2D eigenvalue weighted by molar-refractivity contribution is 7.98. The first kappa shape index (κ1) is 66.4. The molecular formula is C51H76N14O14S. The molecule has 2 aromatic carbocycles. The molecule has 1 aliphatic rings. The lowest BCUT2D eigenvalue weighted by Gasteiger charge is -2.30. The highest BCUT2D eigenvalue weighted by atomic mass is 32.2. The Morgan fingerprint density at radius 2 is 1.25 bits per heavy atom. The Morgan fingerprint density at radius 1 is 0.688 bits per heavy atom. The first-order valence-corrected chi connectivity index (χ1v) is 27.2. The first-order chi connectivity index (χ1) is 37.9. The SMILES string of the molecule is CSCC[C@H](NC(=O)[C@@H](NC(=O)CNC(=O)[C@H](Cc1ccccc1)NC(=O)[C@@H]1CCCN1C(=O)[C@H](CCC(=O)O)NC(=O)[C@H](C)NC(=O)[C@@H](N)CO)[C@@H](C)O)C(=O)N[C@@H](CCCN=C(N)N)C(=O)N[C@@H](Cc1ccccc1)C(N)=O. The van der Waals surface area contributed by atoms with Gasteiger partial charge in [-0.3, -0.25) is 57.7 Å². The fourth-order valence-electron chi connectivity index (χ4n) is 8.20. The smallest absolute Gasteiger partial charge is 0.303 e. The van der Waals surface area contributed by atoms with E-state index in [1.54, 1.807) is 66.9 Å². The molecule has 1 heterocycles. The molecule has 28 nitrogen and oxygen atoms in total. The summed E-state index contributed by atoms with van der Waals surface area (Å²) >= 11 is 1.34. The Kier molecular flexibility index (Phi) is 28.4. The van der Waals surface area contributed by atoms with E-state index in [2.05, 4.69) is 47.5 Å². The van der Waals surface area contributed by atoms with Crippen molar-refractivity contribution in [3.8, 4) is 0 Å². The van der Waals surface area contributed by atoms with Crippen molar-refractivity contribution in [3.63, 3.8) is 0 Å². The number of hydrogen-bond donors (Lipinski definition) is 15. The maximum atomic E-state index is 14.1. The Labute approximate surface area is 466 Å². The Balaban J connectivity index is 1.76. The van der Waals surface area contributed by atoms with Gasteiger partial charge in [-0.1, -0.05) is 60.7 Å². The summed E-state index contributed by atoms with van der Waals surface area (Å²) in [6, 6.07) is 5.07. The van der Waals surface area contributed by atoms with Gasteiger partial charge >= 0.3 is 5.97 Å². The van der Waals surface area contributed by atoms with E-state index in [1.165, 1.54) is 25.6 Å². The minimum atomic E-state index is -1.70. The largest absolute Gasteiger partial charge is 0.481 e. The third kappa shape index (κ3) is 22.8. The third-order valence-electron chi connectivity index (χ3n) is 12.6. The van der Waals surface area contributed by atoms with Crippen molar-refractivity contribution >= 4 is 82.8 Å². The number of carboxylic acids is 1. The molecule has 0 aromatic heterocycles. The van der Waals surface area contributed by atoms with Crippen LogP contribution in [0.1, 0.15) is 69.9 Å². The van der Waals surface area contributed by atoms with Gasteiger partial charge in [0, 0.05) is 32.4 Å². The Hall–Kier alpha value is -7.89. The fourth-order valence-corrected chi connectivity index (χ4v) is 8.67. The van der Waals surface area contributed by atoms with Gasteiger partial charge in [0.25, 0.3) is 0 Å². The van der Waals surface area contributed by atoms with Crippen molar-refractivity contribution in [2.75, 3.05) is 38.2 Å². The third-order valence-corrected chi connectivity index (χ3v) is 13.2. The number of nitrogens with one attached hydrogen (secondary N) is 8. The van der Waals surface area contributed by atoms with E-state index < -0.39 is 152 Å². The van der Waals surface area contributed by atoms with Crippen LogP contribution in [-0.4, -0.2) is 190 Å². The number of primary amides is 1. The predicted octanol–water partition coefficient (Wildman–Crippen LogP) is -5.15. The van der Waals surface area contributed by atoms with Crippen molar-refractivity contribution in [3.05, 3.63) is 71.8 Å². The molecular weight excluding hydrogens is 1060 g/mol. The van der Waals surface area contributed by atoms with Crippen LogP contribution in [0.4, 0.5) is 0 Å². The number of carbonyl (C=O) groups is 11. The van der Waals surface area contributed by atoms with Crippen LogP contribution in [0.15, 0.2) is 65.7 Å². The quantitative estimate of drug-likeness (QED) is 0.0177. The average Bonchev–Trinajstić information content (AvgIpc) is 3.96. The van der Waals surface area contributed by atoms with Crippen molar-refractivity contribution in [1.82, 2.24) is 47.4 Å². The van der Waals surface area contributed by atoms with E-state index in [1.807, 2.05) is 0 Å². The fraction of sp³-hybridized carbons (Fsp3) is 0.529. The molecule has 1 aliphatic heterocycles. The van der Waals surface area contributed by atoms with Crippen LogP contribution in [0.5, 0.6) is 0 Å². The van der Waals surface area contributed by atoms with Gasteiger partial charge < -0.3 is 85.7 Å². The molecule has 80 heavy (non-hydrogen) atoms. The van der Waals surface area contributed by atoms with Crippen molar-refractivity contribution in [2.24, 2.45) is 27.9 Å². The first-order valence-electron chi connectivity index (χ1n) is 25.8. The second kappa shape index (κ2) is 34.2. The van der Waals surface area contributed by atoms with Crippen molar-refractivity contribution in [1.29, 1.82) is 0 Å². The number of aliphatic carboxylic acids is 1. The van der Waals surface area contributed by atoms with Crippen LogP contribution in [0.25, 0.3) is 0 Å². The highest BCUT2D eigenvalue weighted by Crippen LogP contribution is 2.21. The number of hydrogen-bond acceptors (Lipinski definition) is 16. The molecule has 0 bridgehead atoms. The molecule has 1 fully saturated rings. The van der Waals surface area contributed by atoms with Gasteiger partial charge in [-0.05, 0) is 75.5 Å². The molecule has 19 N–H and O–H groups in total. The summed E-state index contributed by atoms with van der Waals surface area (Å²) < 4.78 is 0. The molecule has 1 saturated heterocycles. The minimum absolute atomic E-state index is 0.0125. The average molecular weight is 1140 g/mol. The van der Waals surface area contributed by atoms with E-state index >= 15 is 0 Å². The topological polar surface area (TPSA) is 464 Å². The summed E-state index contributed by atoms with van der Waals surface area (Å²) in [5.74, 6) is -9.78. The number of amides is 10. The zero-order valence-electron chi connectivity index (χ0n) is 44.9. The summed E-state index contributed by atoms with van der Waals surface area (Å²) in [4.78, 5) is 151. The zero-order valence-corrected chi connectivity index (χ0v) is 45.7. The van der Waals surface area contributed by atoms with Gasteiger partial charge in [0.15, 0.2) is 5.96 Å². The molecule has 0 spiro atoms. The monoisotopic (exact) mass is 1140 g/mol. The molecule has 29 heteroatoms. The molecule has 440 valence electrons. The van der Waals surface area contributed by atoms with E-state index in [9.17, 15) is 68.1 Å². The summed E-state index contributed by atoms with van der Waals surface area (Å²) in [5, 5.41) is 49.3. The molecule has 0 aliphatic carbocycles. The lowest BCUT2D eigenvalue weighted by Crippen LogP contribution is -2.60. The number of rotatable bonds is 34. The number of guanidine groups is 1. The summed E-state index contributed by atoms with van der Waals surface area (Å²) in [6.07, 6.45) is -0.234. The van der Waals surface area contributed by atoms with E-state index in [0.29, 0.717) is 23.3 Å². The van der Waals surface area contributed by atoms with Gasteiger partial charge in [-0.2, -0.15) is 11.8 Å². The summed E-state index contributed by atoms with van der Waals surface area (Å²) in [7, 11) is 0. The molecule has 2 aromatic rings. The molecule has 0 unspecified atom stereocenters. The number of likely N-dealkylation sites (tertiary alicyclic amines) is 1. The molecule has 3 rings (SSSR count). The Morgan fingerprint density at radius 3 is 1.80 bits per heavy atom. The predicted molar refractivity (Wildman–Crippen MR) is 293 cm³/mol. The van der Waals surface area contributed by atoms with Gasteiger partial charge in [-0.25, -0.2) is 0 Å². The number of aliphatic hydroxyl groups is 2. The van der Waals surface area contributed by atoms with Gasteiger partial charge in [0.1, 0.15) is 54.4 Å².